The molecule has 6 amide bonds. The minimum atomic E-state index is -0.581. The molecule has 0 aromatic heterocycles. The van der Waals surface area contributed by atoms with Crippen LogP contribution in [0.25, 0.3) is 0 Å². The van der Waals surface area contributed by atoms with Gasteiger partial charge >= 0.3 is 0 Å². The van der Waals surface area contributed by atoms with Crippen molar-refractivity contribution in [3.8, 4) is 23.0 Å². The molecule has 300 valence electrons. The van der Waals surface area contributed by atoms with Gasteiger partial charge in [-0.05, 0) is 60.7 Å². The van der Waals surface area contributed by atoms with Gasteiger partial charge in [-0.15, -0.1) is 0 Å². The lowest BCUT2D eigenvalue weighted by molar-refractivity contribution is -0.121. The Balaban J connectivity index is 0.000000177. The van der Waals surface area contributed by atoms with Crippen LogP contribution in [-0.2, 0) is 19.2 Å². The normalized spacial score (nSPS) is 17.2. The summed E-state index contributed by atoms with van der Waals surface area (Å²) in [7, 11) is 3.02. The van der Waals surface area contributed by atoms with Crippen LogP contribution >= 0.6 is 0 Å². The highest BCUT2D eigenvalue weighted by Crippen LogP contribution is 2.39. The first kappa shape index (κ1) is 39.0. The van der Waals surface area contributed by atoms with E-state index in [2.05, 4.69) is 21.3 Å². The molecule has 0 spiro atoms. The van der Waals surface area contributed by atoms with Crippen LogP contribution in [0.15, 0.2) is 72.8 Å². The van der Waals surface area contributed by atoms with E-state index in [-0.39, 0.29) is 85.5 Å². The van der Waals surface area contributed by atoms with Crippen molar-refractivity contribution in [1.82, 2.24) is 10.6 Å². The molecular weight excluding hydrogens is 762 g/mol. The van der Waals surface area contributed by atoms with E-state index < -0.39 is 35.5 Å². The van der Waals surface area contributed by atoms with Crippen LogP contribution in [-0.4, -0.2) is 88.0 Å². The number of ether oxygens (including phenoxy) is 4. The van der Waals surface area contributed by atoms with Crippen LogP contribution in [0, 0.1) is 11.6 Å². The Morgan fingerprint density at radius 1 is 0.603 bits per heavy atom. The van der Waals surface area contributed by atoms with Crippen LogP contribution in [0.3, 0.4) is 0 Å². The minimum absolute atomic E-state index is 0.0177. The van der Waals surface area contributed by atoms with Gasteiger partial charge in [-0.25, -0.2) is 8.78 Å². The second-order valence-electron chi connectivity index (χ2n) is 13.4. The first-order valence-corrected chi connectivity index (χ1v) is 18.0. The first-order chi connectivity index (χ1) is 27.9. The third kappa shape index (κ3) is 8.16. The Morgan fingerprint density at radius 3 is 1.41 bits per heavy atom. The molecule has 0 bridgehead atoms. The van der Waals surface area contributed by atoms with E-state index in [9.17, 15) is 37.5 Å². The summed E-state index contributed by atoms with van der Waals surface area (Å²) in [6, 6.07) is 16.0. The second kappa shape index (κ2) is 16.5. The van der Waals surface area contributed by atoms with Crippen LogP contribution in [0.4, 0.5) is 31.5 Å². The summed E-state index contributed by atoms with van der Waals surface area (Å²) in [6.45, 7) is -0.0887. The molecule has 18 heteroatoms. The summed E-state index contributed by atoms with van der Waals surface area (Å²) in [5.41, 5.74) is 2.09. The van der Waals surface area contributed by atoms with E-state index >= 15 is 0 Å². The van der Waals surface area contributed by atoms with E-state index in [1.165, 1.54) is 72.4 Å². The topological polar surface area (TPSA) is 194 Å². The molecule has 0 saturated heterocycles. The van der Waals surface area contributed by atoms with E-state index in [0.717, 1.165) is 0 Å². The van der Waals surface area contributed by atoms with Crippen LogP contribution in [0.2, 0.25) is 0 Å². The molecule has 4 heterocycles. The third-order valence-corrected chi connectivity index (χ3v) is 9.51. The molecule has 0 radical (unpaired) electrons. The molecule has 4 aromatic rings. The highest BCUT2D eigenvalue weighted by atomic mass is 19.1. The smallest absolute Gasteiger partial charge is 0.262 e. The fourth-order valence-corrected chi connectivity index (χ4v) is 6.71. The summed E-state index contributed by atoms with van der Waals surface area (Å²) in [5, 5.41) is 10.4. The van der Waals surface area contributed by atoms with Crippen molar-refractivity contribution in [2.24, 2.45) is 0 Å². The Morgan fingerprint density at radius 2 is 1.02 bits per heavy atom. The number of hydrogen-bond acceptors (Lipinski definition) is 10. The molecule has 4 aliphatic rings. The molecule has 4 aromatic carbocycles. The molecule has 0 aliphatic carbocycles. The van der Waals surface area contributed by atoms with E-state index in [0.29, 0.717) is 34.2 Å². The third-order valence-electron chi connectivity index (χ3n) is 9.51. The summed E-state index contributed by atoms with van der Waals surface area (Å²) in [5.74, 6) is -1.55. The van der Waals surface area contributed by atoms with Crippen LogP contribution in [0.1, 0.15) is 33.6 Å². The van der Waals surface area contributed by atoms with Gasteiger partial charge in [0.15, 0.2) is 13.2 Å². The van der Waals surface area contributed by atoms with Gasteiger partial charge in [0.05, 0.1) is 47.7 Å². The number of fused-ring (bicyclic) bond motifs is 4. The molecule has 16 nitrogen and oxygen atoms in total. The zero-order valence-electron chi connectivity index (χ0n) is 31.1. The molecule has 2 atom stereocenters. The van der Waals surface area contributed by atoms with E-state index in [1.54, 1.807) is 24.3 Å². The van der Waals surface area contributed by atoms with Crippen molar-refractivity contribution in [2.45, 2.75) is 24.9 Å². The van der Waals surface area contributed by atoms with Crippen LogP contribution < -0.4 is 50.0 Å². The van der Waals surface area contributed by atoms with Crippen molar-refractivity contribution >= 4 is 58.2 Å². The number of nitrogens with zero attached hydrogens (tertiary/aromatic N) is 2. The van der Waals surface area contributed by atoms with E-state index in [1.807, 2.05) is 0 Å². The van der Waals surface area contributed by atoms with Gasteiger partial charge in [-0.1, -0.05) is 0 Å². The zero-order chi connectivity index (χ0) is 41.1. The lowest BCUT2D eigenvalue weighted by Gasteiger charge is -2.37. The maximum atomic E-state index is 13.6. The average Bonchev–Trinajstić information content (AvgIpc) is 3.22. The van der Waals surface area contributed by atoms with Gasteiger partial charge in [-0.2, -0.15) is 0 Å². The number of carbonyl (C=O) groups is 6. The summed E-state index contributed by atoms with van der Waals surface area (Å²) >= 11 is 0. The highest BCUT2D eigenvalue weighted by molar-refractivity contribution is 6.10. The first-order valence-electron chi connectivity index (χ1n) is 18.0. The highest BCUT2D eigenvalue weighted by Gasteiger charge is 2.37. The zero-order valence-corrected chi connectivity index (χ0v) is 31.1. The maximum absolute atomic E-state index is 13.6. The minimum Gasteiger partial charge on any atom is -0.489 e. The quantitative estimate of drug-likeness (QED) is 0.225. The lowest BCUT2D eigenvalue weighted by atomic mass is 10.0. The Kier molecular flexibility index (Phi) is 11.1. The Bertz CT molecular complexity index is 2180. The predicted octanol–water partition coefficient (Wildman–Crippen LogP) is 3.40. The number of hydrogen-bond donors (Lipinski definition) is 4. The van der Waals surface area contributed by atoms with Crippen molar-refractivity contribution in [2.75, 3.05) is 61.0 Å². The Labute approximate surface area is 329 Å². The maximum Gasteiger partial charge on any atom is 0.262 e. The fraction of sp³-hybridized carbons (Fsp3) is 0.250. The predicted molar refractivity (Wildman–Crippen MR) is 203 cm³/mol. The Hall–Kier alpha value is -7.24. The van der Waals surface area contributed by atoms with Crippen molar-refractivity contribution in [1.29, 1.82) is 0 Å². The van der Waals surface area contributed by atoms with Gasteiger partial charge < -0.3 is 40.2 Å². The number of carbonyl (C=O) groups excluding carboxylic acids is 6. The molecule has 8 rings (SSSR count). The largest absolute Gasteiger partial charge is 0.489 e. The monoisotopic (exact) mass is 798 g/mol. The standard InChI is InChI=1S/2C20H18FN3O5/c2*1-22-18(25)8-13-9-28-17-7-12(21)3-4-15(17)24(13)20(27)11-2-5-16-14(6-11)23-19(26)10-29-16/h2*2-7,13H,8-10H2,1H3,(H,22,25)(H,23,26)/t13-;/m0./s1. The molecular formula is C40H36F2N6O10. The number of benzene rings is 4. The summed E-state index contributed by atoms with van der Waals surface area (Å²) in [6.07, 6.45) is 0.0354. The number of rotatable bonds is 6. The summed E-state index contributed by atoms with van der Waals surface area (Å²) < 4.78 is 49.1. The van der Waals surface area contributed by atoms with Gasteiger partial charge in [0, 0.05) is 37.4 Å². The molecule has 0 saturated carbocycles. The van der Waals surface area contributed by atoms with Crippen LogP contribution in [0.5, 0.6) is 23.0 Å². The molecule has 1 unspecified atom stereocenters. The van der Waals surface area contributed by atoms with Crippen molar-refractivity contribution in [3.63, 3.8) is 0 Å². The van der Waals surface area contributed by atoms with Gasteiger partial charge in [0.1, 0.15) is 47.8 Å². The lowest BCUT2D eigenvalue weighted by Crippen LogP contribution is -2.49. The fourth-order valence-electron chi connectivity index (χ4n) is 6.71. The van der Waals surface area contributed by atoms with Gasteiger partial charge in [0.25, 0.3) is 23.6 Å². The number of nitrogens with one attached hydrogen (secondary N) is 4. The molecule has 4 aliphatic heterocycles. The van der Waals surface area contributed by atoms with Gasteiger partial charge in [-0.3, -0.25) is 38.6 Å². The molecule has 4 N–H and O–H groups in total. The molecule has 58 heavy (non-hydrogen) atoms. The average molecular weight is 799 g/mol. The van der Waals surface area contributed by atoms with Crippen molar-refractivity contribution < 1.29 is 56.5 Å². The van der Waals surface area contributed by atoms with E-state index in [4.69, 9.17) is 18.9 Å². The second-order valence-corrected chi connectivity index (χ2v) is 13.4. The SMILES string of the molecule is CNC(=O)CC1COc2cc(F)ccc2N1C(=O)c1ccc2c(c1)NC(=O)CO2.CNC(=O)C[C@H]1COc2cc(F)ccc2N1C(=O)c1ccc2c(c1)NC(=O)CO2. The summed E-state index contributed by atoms with van der Waals surface area (Å²) in [4.78, 5) is 76.7. The molecule has 0 fully saturated rings. The number of halogens is 2. The van der Waals surface area contributed by atoms with Gasteiger partial charge in [0.2, 0.25) is 11.8 Å². The number of anilines is 4. The van der Waals surface area contributed by atoms with Crippen molar-refractivity contribution in [3.05, 3.63) is 95.6 Å². The number of amides is 6.